The van der Waals surface area contributed by atoms with Crippen LogP contribution in [0.1, 0.15) is 16.8 Å². The van der Waals surface area contributed by atoms with Crippen LogP contribution in [0, 0.1) is 0 Å². The SMILES string of the molecule is COc1ccc(Br)c(C(=O)N2C[C@@H](OC)C[C@H]2CO)c1. The molecule has 0 saturated carbocycles. The summed E-state index contributed by atoms with van der Waals surface area (Å²) in [4.78, 5) is 14.3. The number of nitrogens with zero attached hydrogens (tertiary/aromatic N) is 1. The van der Waals surface area contributed by atoms with E-state index < -0.39 is 0 Å². The number of amides is 1. The Kier molecular flexibility index (Phi) is 5.01. The molecule has 110 valence electrons. The lowest BCUT2D eigenvalue weighted by atomic mass is 10.1. The van der Waals surface area contributed by atoms with Crippen LogP contribution in [0.15, 0.2) is 22.7 Å². The fourth-order valence-corrected chi connectivity index (χ4v) is 2.83. The summed E-state index contributed by atoms with van der Waals surface area (Å²) in [5.41, 5.74) is 0.527. The molecule has 0 bridgehead atoms. The van der Waals surface area contributed by atoms with Crippen molar-refractivity contribution in [2.24, 2.45) is 0 Å². The van der Waals surface area contributed by atoms with Crippen molar-refractivity contribution in [1.29, 1.82) is 0 Å². The summed E-state index contributed by atoms with van der Waals surface area (Å²) in [6, 6.07) is 5.06. The number of rotatable bonds is 4. The Hall–Kier alpha value is -1.11. The van der Waals surface area contributed by atoms with Crippen molar-refractivity contribution < 1.29 is 19.4 Å². The average molecular weight is 344 g/mol. The number of carbonyl (C=O) groups excluding carboxylic acids is 1. The first-order valence-electron chi connectivity index (χ1n) is 6.38. The molecule has 20 heavy (non-hydrogen) atoms. The second kappa shape index (κ2) is 6.56. The van der Waals surface area contributed by atoms with Gasteiger partial charge in [0, 0.05) is 18.1 Å². The molecular formula is C14H18BrNO4. The molecule has 0 aromatic heterocycles. The Morgan fingerprint density at radius 1 is 1.50 bits per heavy atom. The van der Waals surface area contributed by atoms with Gasteiger partial charge in [-0.1, -0.05) is 0 Å². The summed E-state index contributed by atoms with van der Waals surface area (Å²) in [5.74, 6) is 0.494. The highest BCUT2D eigenvalue weighted by Crippen LogP contribution is 2.27. The highest BCUT2D eigenvalue weighted by Gasteiger charge is 2.35. The lowest BCUT2D eigenvalue weighted by molar-refractivity contribution is 0.0646. The zero-order chi connectivity index (χ0) is 14.7. The molecule has 1 aliphatic rings. The molecule has 1 heterocycles. The van der Waals surface area contributed by atoms with E-state index in [0.717, 1.165) is 0 Å². The third-order valence-electron chi connectivity index (χ3n) is 3.58. The van der Waals surface area contributed by atoms with Crippen molar-refractivity contribution in [3.05, 3.63) is 28.2 Å². The van der Waals surface area contributed by atoms with Gasteiger partial charge in [-0.05, 0) is 40.5 Å². The van der Waals surface area contributed by atoms with Crippen molar-refractivity contribution in [2.75, 3.05) is 27.4 Å². The van der Waals surface area contributed by atoms with Gasteiger partial charge in [-0.25, -0.2) is 0 Å². The highest BCUT2D eigenvalue weighted by molar-refractivity contribution is 9.10. The van der Waals surface area contributed by atoms with E-state index in [1.165, 1.54) is 0 Å². The maximum Gasteiger partial charge on any atom is 0.255 e. The van der Waals surface area contributed by atoms with E-state index in [0.29, 0.717) is 28.8 Å². The zero-order valence-electron chi connectivity index (χ0n) is 11.5. The summed E-state index contributed by atoms with van der Waals surface area (Å²) < 4.78 is 11.2. The maximum atomic E-state index is 12.6. The molecule has 1 N–H and O–H groups in total. The molecule has 1 amide bonds. The molecule has 0 aliphatic carbocycles. The predicted octanol–water partition coefficient (Wildman–Crippen LogP) is 1.68. The quantitative estimate of drug-likeness (QED) is 0.903. The number of methoxy groups -OCH3 is 2. The predicted molar refractivity (Wildman–Crippen MR) is 78.0 cm³/mol. The number of carbonyl (C=O) groups is 1. The fourth-order valence-electron chi connectivity index (χ4n) is 2.42. The molecule has 1 aliphatic heterocycles. The largest absolute Gasteiger partial charge is 0.497 e. The summed E-state index contributed by atoms with van der Waals surface area (Å²) in [6.07, 6.45) is 0.626. The summed E-state index contributed by atoms with van der Waals surface area (Å²) in [6.45, 7) is 0.428. The zero-order valence-corrected chi connectivity index (χ0v) is 13.1. The van der Waals surface area contributed by atoms with Crippen molar-refractivity contribution in [2.45, 2.75) is 18.6 Å². The monoisotopic (exact) mass is 343 g/mol. The second-order valence-electron chi connectivity index (χ2n) is 4.73. The van der Waals surface area contributed by atoms with E-state index in [2.05, 4.69) is 15.9 Å². The van der Waals surface area contributed by atoms with E-state index in [-0.39, 0.29) is 24.7 Å². The van der Waals surface area contributed by atoms with Crippen LogP contribution in [0.3, 0.4) is 0 Å². The van der Waals surface area contributed by atoms with Crippen LogP contribution in [0.4, 0.5) is 0 Å². The number of benzene rings is 1. The van der Waals surface area contributed by atoms with Gasteiger partial charge in [0.05, 0.1) is 31.4 Å². The summed E-state index contributed by atoms with van der Waals surface area (Å²) in [5, 5.41) is 9.43. The van der Waals surface area contributed by atoms with Gasteiger partial charge in [-0.3, -0.25) is 4.79 Å². The number of aliphatic hydroxyl groups is 1. The minimum Gasteiger partial charge on any atom is -0.497 e. The molecule has 0 unspecified atom stereocenters. The van der Waals surface area contributed by atoms with E-state index in [1.807, 2.05) is 0 Å². The first kappa shape index (κ1) is 15.3. The maximum absolute atomic E-state index is 12.6. The van der Waals surface area contributed by atoms with Gasteiger partial charge in [-0.15, -0.1) is 0 Å². The first-order chi connectivity index (χ1) is 9.60. The molecule has 1 aromatic carbocycles. The molecule has 2 rings (SSSR count). The highest BCUT2D eigenvalue weighted by atomic mass is 79.9. The standard InChI is InChI=1S/C14H18BrNO4/c1-19-10-3-4-13(15)12(6-10)14(18)16-7-11(20-2)5-9(16)8-17/h3-4,6,9,11,17H,5,7-8H2,1-2H3/t9-,11-/m0/s1. The van der Waals surface area contributed by atoms with Gasteiger partial charge in [0.2, 0.25) is 0 Å². The van der Waals surface area contributed by atoms with Crippen molar-refractivity contribution in [3.8, 4) is 5.75 Å². The van der Waals surface area contributed by atoms with Gasteiger partial charge in [0.15, 0.2) is 0 Å². The molecule has 6 heteroatoms. The summed E-state index contributed by atoms with van der Waals surface area (Å²) >= 11 is 3.38. The van der Waals surface area contributed by atoms with Gasteiger partial charge < -0.3 is 19.5 Å². The van der Waals surface area contributed by atoms with Crippen LogP contribution in [0.2, 0.25) is 0 Å². The van der Waals surface area contributed by atoms with Crippen molar-refractivity contribution in [1.82, 2.24) is 4.90 Å². The molecule has 0 spiro atoms. The number of ether oxygens (including phenoxy) is 2. The van der Waals surface area contributed by atoms with Crippen LogP contribution >= 0.6 is 15.9 Å². The van der Waals surface area contributed by atoms with Crippen LogP contribution in [0.25, 0.3) is 0 Å². The molecule has 5 nitrogen and oxygen atoms in total. The first-order valence-corrected chi connectivity index (χ1v) is 7.18. The minimum atomic E-state index is -0.203. The van der Waals surface area contributed by atoms with E-state index >= 15 is 0 Å². The molecule has 1 aromatic rings. The van der Waals surface area contributed by atoms with Gasteiger partial charge in [0.1, 0.15) is 5.75 Å². The van der Waals surface area contributed by atoms with Crippen LogP contribution in [0.5, 0.6) is 5.75 Å². The normalized spacial score (nSPS) is 22.1. The molecule has 1 saturated heterocycles. The van der Waals surface area contributed by atoms with E-state index in [9.17, 15) is 9.90 Å². The van der Waals surface area contributed by atoms with Crippen LogP contribution in [-0.4, -0.2) is 55.4 Å². The Balaban J connectivity index is 2.26. The average Bonchev–Trinajstić information content (AvgIpc) is 2.90. The van der Waals surface area contributed by atoms with Crippen LogP contribution < -0.4 is 4.74 Å². The lowest BCUT2D eigenvalue weighted by Crippen LogP contribution is -2.38. The molecule has 1 fully saturated rings. The second-order valence-corrected chi connectivity index (χ2v) is 5.59. The third kappa shape index (κ3) is 2.97. The van der Waals surface area contributed by atoms with Gasteiger partial charge in [-0.2, -0.15) is 0 Å². The number of aliphatic hydroxyl groups excluding tert-OH is 1. The van der Waals surface area contributed by atoms with E-state index in [1.54, 1.807) is 37.3 Å². The number of hydrogen-bond donors (Lipinski definition) is 1. The topological polar surface area (TPSA) is 59.0 Å². The molecule has 2 atom stereocenters. The van der Waals surface area contributed by atoms with Crippen LogP contribution in [-0.2, 0) is 4.74 Å². The Labute approximate surface area is 126 Å². The van der Waals surface area contributed by atoms with Crippen molar-refractivity contribution in [3.63, 3.8) is 0 Å². The third-order valence-corrected chi connectivity index (χ3v) is 4.28. The Morgan fingerprint density at radius 2 is 2.25 bits per heavy atom. The number of halogens is 1. The fraction of sp³-hybridized carbons (Fsp3) is 0.500. The summed E-state index contributed by atoms with van der Waals surface area (Å²) in [7, 11) is 3.18. The van der Waals surface area contributed by atoms with E-state index in [4.69, 9.17) is 9.47 Å². The van der Waals surface area contributed by atoms with Crippen molar-refractivity contribution >= 4 is 21.8 Å². The van der Waals surface area contributed by atoms with Gasteiger partial charge in [0.25, 0.3) is 5.91 Å². The number of likely N-dealkylation sites (tertiary alicyclic amines) is 1. The molecular weight excluding hydrogens is 326 g/mol. The number of hydrogen-bond acceptors (Lipinski definition) is 4. The minimum absolute atomic E-state index is 0.0273. The smallest absolute Gasteiger partial charge is 0.255 e. The Bertz CT molecular complexity index is 494. The lowest BCUT2D eigenvalue weighted by Gasteiger charge is -2.23. The Morgan fingerprint density at radius 3 is 2.85 bits per heavy atom. The molecule has 0 radical (unpaired) electrons. The van der Waals surface area contributed by atoms with Gasteiger partial charge >= 0.3 is 0 Å².